The van der Waals surface area contributed by atoms with Crippen LogP contribution in [0.2, 0.25) is 0 Å². The van der Waals surface area contributed by atoms with Gasteiger partial charge in [0.05, 0.1) is 6.61 Å². The number of ether oxygens (including phenoxy) is 1. The average Bonchev–Trinajstić information content (AvgIpc) is 2.19. The van der Waals surface area contributed by atoms with E-state index in [0.29, 0.717) is 6.04 Å². The van der Waals surface area contributed by atoms with Crippen LogP contribution in [0, 0.1) is 5.92 Å². The molecule has 0 N–H and O–H groups in total. The first-order chi connectivity index (χ1) is 6.77. The van der Waals surface area contributed by atoms with Crippen molar-refractivity contribution in [3.8, 4) is 0 Å². The molecule has 0 aromatic heterocycles. The number of halogens is 1. The molecule has 0 aromatic rings. The molecule has 84 valence electrons. The first-order valence-corrected chi connectivity index (χ1v) is 6.10. The SMILES string of the molecule is COCC(C)N1CCCC(CCCl)C1. The summed E-state index contributed by atoms with van der Waals surface area (Å²) in [6, 6.07) is 0.554. The van der Waals surface area contributed by atoms with Crippen molar-refractivity contribution < 1.29 is 4.74 Å². The molecule has 0 saturated carbocycles. The van der Waals surface area contributed by atoms with Gasteiger partial charge in [0, 0.05) is 25.6 Å². The predicted molar refractivity (Wildman–Crippen MR) is 61.0 cm³/mol. The molecular weight excluding hydrogens is 198 g/mol. The summed E-state index contributed by atoms with van der Waals surface area (Å²) < 4.78 is 5.18. The lowest BCUT2D eigenvalue weighted by Crippen LogP contribution is -2.43. The van der Waals surface area contributed by atoms with Gasteiger partial charge in [0.2, 0.25) is 0 Å². The number of hydrogen-bond donors (Lipinski definition) is 0. The van der Waals surface area contributed by atoms with Crippen LogP contribution in [0.3, 0.4) is 0 Å². The standard InChI is InChI=1S/C11H22ClNO/c1-10(9-14-2)13-7-3-4-11(8-13)5-6-12/h10-11H,3-9H2,1-2H3. The smallest absolute Gasteiger partial charge is 0.0615 e. The summed E-state index contributed by atoms with van der Waals surface area (Å²) >= 11 is 5.78. The fourth-order valence-electron chi connectivity index (χ4n) is 2.23. The Kier molecular flexibility index (Phi) is 5.83. The summed E-state index contributed by atoms with van der Waals surface area (Å²) in [4.78, 5) is 2.53. The van der Waals surface area contributed by atoms with Crippen LogP contribution < -0.4 is 0 Å². The van der Waals surface area contributed by atoms with Gasteiger partial charge < -0.3 is 4.74 Å². The summed E-state index contributed by atoms with van der Waals surface area (Å²) in [7, 11) is 1.77. The van der Waals surface area contributed by atoms with Gasteiger partial charge in [-0.1, -0.05) is 0 Å². The van der Waals surface area contributed by atoms with E-state index in [9.17, 15) is 0 Å². The molecule has 1 aliphatic heterocycles. The van der Waals surface area contributed by atoms with Gasteiger partial charge in [-0.15, -0.1) is 11.6 Å². The molecule has 0 amide bonds. The van der Waals surface area contributed by atoms with E-state index in [1.807, 2.05) is 0 Å². The lowest BCUT2D eigenvalue weighted by atomic mass is 9.95. The lowest BCUT2D eigenvalue weighted by Gasteiger charge is -2.36. The second kappa shape index (κ2) is 6.65. The zero-order chi connectivity index (χ0) is 10.4. The molecule has 2 atom stereocenters. The Bertz CT molecular complexity index is 148. The minimum absolute atomic E-state index is 0.554. The minimum atomic E-state index is 0.554. The van der Waals surface area contributed by atoms with Gasteiger partial charge in [-0.3, -0.25) is 4.90 Å². The zero-order valence-electron chi connectivity index (χ0n) is 9.34. The maximum absolute atomic E-state index is 5.78. The molecule has 1 fully saturated rings. The van der Waals surface area contributed by atoms with Gasteiger partial charge >= 0.3 is 0 Å². The van der Waals surface area contributed by atoms with E-state index in [0.717, 1.165) is 24.8 Å². The predicted octanol–water partition coefficient (Wildman–Crippen LogP) is 2.36. The number of alkyl halides is 1. The molecule has 3 heteroatoms. The van der Waals surface area contributed by atoms with E-state index in [4.69, 9.17) is 16.3 Å². The van der Waals surface area contributed by atoms with E-state index in [1.165, 1.54) is 25.9 Å². The van der Waals surface area contributed by atoms with Crippen molar-refractivity contribution in [2.75, 3.05) is 32.7 Å². The highest BCUT2D eigenvalue weighted by atomic mass is 35.5. The largest absolute Gasteiger partial charge is 0.383 e. The van der Waals surface area contributed by atoms with Gasteiger partial charge in [-0.25, -0.2) is 0 Å². The Morgan fingerprint density at radius 2 is 2.36 bits per heavy atom. The molecule has 14 heavy (non-hydrogen) atoms. The topological polar surface area (TPSA) is 12.5 Å². The summed E-state index contributed by atoms with van der Waals surface area (Å²) in [6.45, 7) is 5.51. The van der Waals surface area contributed by atoms with Crippen LogP contribution in [0.1, 0.15) is 26.2 Å². The molecule has 0 bridgehead atoms. The number of rotatable bonds is 5. The van der Waals surface area contributed by atoms with Crippen molar-refractivity contribution in [3.05, 3.63) is 0 Å². The minimum Gasteiger partial charge on any atom is -0.383 e. The Hall–Kier alpha value is 0.210. The number of hydrogen-bond acceptors (Lipinski definition) is 2. The fourth-order valence-corrected chi connectivity index (χ4v) is 2.54. The van der Waals surface area contributed by atoms with Crippen molar-refractivity contribution in [2.24, 2.45) is 5.92 Å². The van der Waals surface area contributed by atoms with E-state index in [-0.39, 0.29) is 0 Å². The molecule has 0 aliphatic carbocycles. The van der Waals surface area contributed by atoms with Gasteiger partial charge in [-0.05, 0) is 38.6 Å². The van der Waals surface area contributed by atoms with E-state index < -0.39 is 0 Å². The molecule has 1 aliphatic rings. The van der Waals surface area contributed by atoms with Crippen LogP contribution in [-0.2, 0) is 4.74 Å². The third-order valence-electron chi connectivity index (χ3n) is 3.10. The quantitative estimate of drug-likeness (QED) is 0.659. The first-order valence-electron chi connectivity index (χ1n) is 5.57. The van der Waals surface area contributed by atoms with Crippen molar-refractivity contribution in [2.45, 2.75) is 32.2 Å². The average molecular weight is 220 g/mol. The van der Waals surface area contributed by atoms with E-state index in [2.05, 4.69) is 11.8 Å². The third kappa shape index (κ3) is 3.76. The van der Waals surface area contributed by atoms with Gasteiger partial charge in [0.15, 0.2) is 0 Å². The maximum Gasteiger partial charge on any atom is 0.0615 e. The summed E-state index contributed by atoms with van der Waals surface area (Å²) in [5.74, 6) is 1.61. The molecule has 2 unspecified atom stereocenters. The molecule has 0 radical (unpaired) electrons. The first kappa shape index (κ1) is 12.3. The Balaban J connectivity index is 2.31. The molecule has 1 saturated heterocycles. The lowest BCUT2D eigenvalue weighted by molar-refractivity contribution is 0.0675. The van der Waals surface area contributed by atoms with Crippen molar-refractivity contribution in [1.29, 1.82) is 0 Å². The second-order valence-electron chi connectivity index (χ2n) is 4.29. The van der Waals surface area contributed by atoms with Crippen molar-refractivity contribution >= 4 is 11.6 Å². The molecule has 2 nitrogen and oxygen atoms in total. The molecule has 0 spiro atoms. The van der Waals surface area contributed by atoms with E-state index in [1.54, 1.807) is 7.11 Å². The molecule has 1 rings (SSSR count). The van der Waals surface area contributed by atoms with E-state index >= 15 is 0 Å². The molecule has 0 aromatic carbocycles. The van der Waals surface area contributed by atoms with Gasteiger partial charge in [0.1, 0.15) is 0 Å². The highest BCUT2D eigenvalue weighted by Crippen LogP contribution is 2.21. The Morgan fingerprint density at radius 1 is 1.57 bits per heavy atom. The third-order valence-corrected chi connectivity index (χ3v) is 3.32. The van der Waals surface area contributed by atoms with Gasteiger partial charge in [0.25, 0.3) is 0 Å². The van der Waals surface area contributed by atoms with Crippen LogP contribution in [0.15, 0.2) is 0 Å². The Labute approximate surface area is 92.6 Å². The normalized spacial score (nSPS) is 26.4. The van der Waals surface area contributed by atoms with Gasteiger partial charge in [-0.2, -0.15) is 0 Å². The van der Waals surface area contributed by atoms with Crippen LogP contribution >= 0.6 is 11.6 Å². The summed E-state index contributed by atoms with van der Waals surface area (Å²) in [6.07, 6.45) is 3.83. The zero-order valence-corrected chi connectivity index (χ0v) is 10.1. The highest BCUT2D eigenvalue weighted by Gasteiger charge is 2.22. The fraction of sp³-hybridized carbons (Fsp3) is 1.00. The number of piperidine rings is 1. The number of nitrogens with zero attached hydrogens (tertiary/aromatic N) is 1. The van der Waals surface area contributed by atoms with Crippen molar-refractivity contribution in [3.63, 3.8) is 0 Å². The van der Waals surface area contributed by atoms with Crippen LogP contribution in [0.5, 0.6) is 0 Å². The van der Waals surface area contributed by atoms with Crippen molar-refractivity contribution in [1.82, 2.24) is 4.90 Å². The second-order valence-corrected chi connectivity index (χ2v) is 4.66. The maximum atomic E-state index is 5.78. The monoisotopic (exact) mass is 219 g/mol. The molecular formula is C11H22ClNO. The highest BCUT2D eigenvalue weighted by molar-refractivity contribution is 6.17. The van der Waals surface area contributed by atoms with Crippen LogP contribution in [0.25, 0.3) is 0 Å². The summed E-state index contributed by atoms with van der Waals surface area (Å²) in [5.41, 5.74) is 0. The molecule has 1 heterocycles. The summed E-state index contributed by atoms with van der Waals surface area (Å²) in [5, 5.41) is 0. The number of methoxy groups -OCH3 is 1. The number of likely N-dealkylation sites (tertiary alicyclic amines) is 1. The van der Waals surface area contributed by atoms with Crippen LogP contribution in [0.4, 0.5) is 0 Å². The Morgan fingerprint density at radius 3 is 3.00 bits per heavy atom. The van der Waals surface area contributed by atoms with Crippen LogP contribution in [-0.4, -0.2) is 43.6 Å².